The van der Waals surface area contributed by atoms with Crippen molar-refractivity contribution in [2.75, 3.05) is 13.7 Å². The number of hydrogen-bond acceptors (Lipinski definition) is 4. The van der Waals surface area contributed by atoms with Crippen LogP contribution in [0.5, 0.6) is 0 Å². The fourth-order valence-electron chi connectivity index (χ4n) is 2.25. The van der Waals surface area contributed by atoms with Crippen LogP contribution in [0.3, 0.4) is 0 Å². The smallest absolute Gasteiger partial charge is 0.302 e. The molecular formula is C13H15NO4. The molecular weight excluding hydrogens is 234 g/mol. The van der Waals surface area contributed by atoms with Gasteiger partial charge in [0.15, 0.2) is 0 Å². The molecule has 1 unspecified atom stereocenters. The molecule has 0 aliphatic carbocycles. The van der Waals surface area contributed by atoms with Crippen molar-refractivity contribution in [3.63, 3.8) is 0 Å². The van der Waals surface area contributed by atoms with Gasteiger partial charge in [-0.15, -0.1) is 0 Å². The van der Waals surface area contributed by atoms with Crippen LogP contribution in [0.15, 0.2) is 24.3 Å². The van der Waals surface area contributed by atoms with Gasteiger partial charge >= 0.3 is 5.97 Å². The first-order chi connectivity index (χ1) is 8.50. The van der Waals surface area contributed by atoms with Gasteiger partial charge < -0.3 is 4.74 Å². The molecule has 0 saturated carbocycles. The highest BCUT2D eigenvalue weighted by atomic mass is 16.7. The third-order valence-corrected chi connectivity index (χ3v) is 3.11. The minimum absolute atomic E-state index is 0.0684. The number of carbonyl (C=O) groups is 2. The summed E-state index contributed by atoms with van der Waals surface area (Å²) in [6.45, 7) is 3.21. The standard InChI is InChI=1S/C13H15NO4/c1-9(15)18-8-13(2)11-7-5-4-6-10(11)12(16)14(13)17-3/h4-7H,8H2,1-3H3. The zero-order valence-corrected chi connectivity index (χ0v) is 10.6. The van der Waals surface area contributed by atoms with Gasteiger partial charge in [0.25, 0.3) is 5.91 Å². The van der Waals surface area contributed by atoms with E-state index in [1.54, 1.807) is 12.1 Å². The molecule has 0 saturated heterocycles. The maximum Gasteiger partial charge on any atom is 0.302 e. The van der Waals surface area contributed by atoms with E-state index in [1.165, 1.54) is 19.1 Å². The minimum Gasteiger partial charge on any atom is -0.463 e. The Labute approximate surface area is 105 Å². The second kappa shape index (κ2) is 4.42. The number of hydrogen-bond donors (Lipinski definition) is 0. The van der Waals surface area contributed by atoms with Gasteiger partial charge in [0, 0.05) is 12.5 Å². The highest BCUT2D eigenvalue weighted by molar-refractivity contribution is 5.99. The Morgan fingerprint density at radius 3 is 2.67 bits per heavy atom. The molecule has 0 bridgehead atoms. The zero-order valence-electron chi connectivity index (χ0n) is 10.6. The van der Waals surface area contributed by atoms with E-state index in [1.807, 2.05) is 19.1 Å². The summed E-state index contributed by atoms with van der Waals surface area (Å²) >= 11 is 0. The molecule has 1 aromatic rings. The topological polar surface area (TPSA) is 55.8 Å². The normalized spacial score (nSPS) is 21.9. The lowest BCUT2D eigenvalue weighted by molar-refractivity contribution is -0.178. The van der Waals surface area contributed by atoms with Gasteiger partial charge in [0.05, 0.1) is 7.11 Å². The number of esters is 1. The number of nitrogens with zero attached hydrogens (tertiary/aromatic N) is 1. The Kier molecular flexibility index (Phi) is 3.09. The first-order valence-corrected chi connectivity index (χ1v) is 5.62. The summed E-state index contributed by atoms with van der Waals surface area (Å²) in [5, 5.41) is 1.25. The number of rotatable bonds is 3. The van der Waals surface area contributed by atoms with Crippen molar-refractivity contribution < 1.29 is 19.2 Å². The van der Waals surface area contributed by atoms with Crippen molar-refractivity contribution in [3.8, 4) is 0 Å². The average molecular weight is 249 g/mol. The molecule has 18 heavy (non-hydrogen) atoms. The van der Waals surface area contributed by atoms with Crippen LogP contribution in [0.4, 0.5) is 0 Å². The molecule has 0 fully saturated rings. The minimum atomic E-state index is -0.784. The summed E-state index contributed by atoms with van der Waals surface area (Å²) in [5.74, 6) is -0.605. The molecule has 1 aliphatic heterocycles. The van der Waals surface area contributed by atoms with Crippen molar-refractivity contribution in [1.29, 1.82) is 0 Å². The molecule has 0 spiro atoms. The monoisotopic (exact) mass is 249 g/mol. The van der Waals surface area contributed by atoms with Crippen LogP contribution in [0.2, 0.25) is 0 Å². The van der Waals surface area contributed by atoms with Gasteiger partial charge in [0.1, 0.15) is 12.1 Å². The largest absolute Gasteiger partial charge is 0.463 e. The van der Waals surface area contributed by atoms with Gasteiger partial charge in [-0.1, -0.05) is 18.2 Å². The predicted octanol–water partition coefficient (Wildman–Crippen LogP) is 1.48. The second-order valence-corrected chi connectivity index (χ2v) is 4.38. The summed E-state index contributed by atoms with van der Waals surface area (Å²) in [6, 6.07) is 7.22. The van der Waals surface area contributed by atoms with Crippen LogP contribution < -0.4 is 0 Å². The quantitative estimate of drug-likeness (QED) is 0.761. The molecule has 1 aromatic carbocycles. The van der Waals surface area contributed by atoms with Crippen molar-refractivity contribution in [2.45, 2.75) is 19.4 Å². The van der Waals surface area contributed by atoms with Crippen LogP contribution in [-0.4, -0.2) is 30.7 Å². The Morgan fingerprint density at radius 2 is 2.06 bits per heavy atom. The maximum absolute atomic E-state index is 12.1. The Balaban J connectivity index is 2.43. The van der Waals surface area contributed by atoms with E-state index in [-0.39, 0.29) is 18.5 Å². The van der Waals surface area contributed by atoms with Crippen LogP contribution in [0, 0.1) is 0 Å². The van der Waals surface area contributed by atoms with Crippen LogP contribution in [0.25, 0.3) is 0 Å². The second-order valence-electron chi connectivity index (χ2n) is 4.38. The van der Waals surface area contributed by atoms with E-state index < -0.39 is 5.54 Å². The molecule has 5 heteroatoms. The summed E-state index contributed by atoms with van der Waals surface area (Å²) in [6.07, 6.45) is 0. The first-order valence-electron chi connectivity index (χ1n) is 5.62. The van der Waals surface area contributed by atoms with Crippen LogP contribution >= 0.6 is 0 Å². The number of hydroxylamine groups is 2. The first kappa shape index (κ1) is 12.6. The summed E-state index contributed by atoms with van der Waals surface area (Å²) in [7, 11) is 1.43. The third-order valence-electron chi connectivity index (χ3n) is 3.11. The third kappa shape index (κ3) is 1.76. The van der Waals surface area contributed by atoms with E-state index in [2.05, 4.69) is 0 Å². The molecule has 5 nitrogen and oxygen atoms in total. The van der Waals surface area contributed by atoms with Gasteiger partial charge in [-0.2, -0.15) is 0 Å². The van der Waals surface area contributed by atoms with Crippen molar-refractivity contribution in [1.82, 2.24) is 5.06 Å². The average Bonchev–Trinajstić information content (AvgIpc) is 2.57. The Bertz CT molecular complexity index is 500. The van der Waals surface area contributed by atoms with Gasteiger partial charge in [-0.25, -0.2) is 5.06 Å². The van der Waals surface area contributed by atoms with E-state index in [9.17, 15) is 9.59 Å². The predicted molar refractivity (Wildman–Crippen MR) is 63.6 cm³/mol. The number of ether oxygens (including phenoxy) is 1. The number of fused-ring (bicyclic) bond motifs is 1. The Hall–Kier alpha value is -1.88. The molecule has 1 heterocycles. The van der Waals surface area contributed by atoms with Gasteiger partial charge in [-0.3, -0.25) is 14.4 Å². The van der Waals surface area contributed by atoms with Crippen molar-refractivity contribution in [2.24, 2.45) is 0 Å². The fraction of sp³-hybridized carbons (Fsp3) is 0.385. The SMILES string of the molecule is CON1C(=O)c2ccccc2C1(C)COC(C)=O. The highest BCUT2D eigenvalue weighted by Crippen LogP contribution is 2.39. The zero-order chi connectivity index (χ0) is 13.3. The Morgan fingerprint density at radius 1 is 1.39 bits per heavy atom. The van der Waals surface area contributed by atoms with Crippen LogP contribution in [0.1, 0.15) is 29.8 Å². The molecule has 1 atom stereocenters. The van der Waals surface area contributed by atoms with Crippen molar-refractivity contribution >= 4 is 11.9 Å². The van der Waals surface area contributed by atoms with Gasteiger partial charge in [0.2, 0.25) is 0 Å². The number of benzene rings is 1. The molecule has 96 valence electrons. The van der Waals surface area contributed by atoms with E-state index in [4.69, 9.17) is 9.57 Å². The fourth-order valence-corrected chi connectivity index (χ4v) is 2.25. The lowest BCUT2D eigenvalue weighted by Gasteiger charge is -2.32. The molecule has 2 rings (SSSR count). The summed E-state index contributed by atoms with van der Waals surface area (Å²) in [4.78, 5) is 28.3. The molecule has 0 N–H and O–H groups in total. The van der Waals surface area contributed by atoms with Gasteiger partial charge in [-0.05, 0) is 18.6 Å². The lowest BCUT2D eigenvalue weighted by Crippen LogP contribution is -2.44. The molecule has 0 radical (unpaired) electrons. The van der Waals surface area contributed by atoms with Crippen LogP contribution in [-0.2, 0) is 19.9 Å². The summed E-state index contributed by atoms with van der Waals surface area (Å²) in [5.41, 5.74) is 0.598. The van der Waals surface area contributed by atoms with E-state index in [0.717, 1.165) is 5.56 Å². The summed E-state index contributed by atoms with van der Waals surface area (Å²) < 4.78 is 5.05. The highest BCUT2D eigenvalue weighted by Gasteiger charge is 2.48. The molecule has 0 aromatic heterocycles. The van der Waals surface area contributed by atoms with E-state index >= 15 is 0 Å². The number of carbonyl (C=O) groups excluding carboxylic acids is 2. The lowest BCUT2D eigenvalue weighted by atomic mass is 9.93. The molecule has 1 aliphatic rings. The van der Waals surface area contributed by atoms with Crippen molar-refractivity contribution in [3.05, 3.63) is 35.4 Å². The number of amides is 1. The molecule has 1 amide bonds. The maximum atomic E-state index is 12.1. The van der Waals surface area contributed by atoms with E-state index in [0.29, 0.717) is 5.56 Å².